The van der Waals surface area contributed by atoms with Crippen LogP contribution < -0.4 is 15.0 Å². The van der Waals surface area contributed by atoms with E-state index in [4.69, 9.17) is 4.74 Å². The highest BCUT2D eigenvalue weighted by atomic mass is 16.5. The Kier molecular flexibility index (Phi) is 4.51. The van der Waals surface area contributed by atoms with Gasteiger partial charge in [0.25, 0.3) is 0 Å². The van der Waals surface area contributed by atoms with Crippen molar-refractivity contribution in [1.29, 1.82) is 0 Å². The maximum atomic E-state index is 5.84. The molecule has 2 aromatic carbocycles. The number of hydrogen-bond donors (Lipinski definition) is 1. The standard InChI is InChI=1S/C17H22N2O/c1-13(2)20-17-12-8-6-10-15(17)18-14-9-5-7-11-16(14)19(3)4/h5-13,18H,1-4H3. The first-order valence-corrected chi connectivity index (χ1v) is 6.87. The maximum absolute atomic E-state index is 5.84. The number of benzene rings is 2. The lowest BCUT2D eigenvalue weighted by molar-refractivity contribution is 0.244. The minimum absolute atomic E-state index is 0.155. The van der Waals surface area contributed by atoms with Crippen LogP contribution in [-0.4, -0.2) is 20.2 Å². The maximum Gasteiger partial charge on any atom is 0.143 e. The molecule has 0 saturated carbocycles. The summed E-state index contributed by atoms with van der Waals surface area (Å²) in [6, 6.07) is 16.2. The molecule has 20 heavy (non-hydrogen) atoms. The van der Waals surface area contributed by atoms with Gasteiger partial charge in [0.2, 0.25) is 0 Å². The molecular formula is C17H22N2O. The van der Waals surface area contributed by atoms with Gasteiger partial charge in [-0.3, -0.25) is 0 Å². The molecule has 0 radical (unpaired) electrons. The Morgan fingerprint density at radius 2 is 1.50 bits per heavy atom. The first-order chi connectivity index (χ1) is 9.58. The average molecular weight is 270 g/mol. The molecule has 0 aromatic heterocycles. The molecule has 0 amide bonds. The smallest absolute Gasteiger partial charge is 0.143 e. The van der Waals surface area contributed by atoms with Gasteiger partial charge in [0.05, 0.1) is 23.2 Å². The molecule has 3 nitrogen and oxygen atoms in total. The second-order valence-corrected chi connectivity index (χ2v) is 5.20. The largest absolute Gasteiger partial charge is 0.489 e. The van der Waals surface area contributed by atoms with Crippen LogP contribution >= 0.6 is 0 Å². The van der Waals surface area contributed by atoms with E-state index in [1.165, 1.54) is 0 Å². The summed E-state index contributed by atoms with van der Waals surface area (Å²) < 4.78 is 5.84. The fourth-order valence-corrected chi connectivity index (χ4v) is 2.04. The monoisotopic (exact) mass is 270 g/mol. The summed E-state index contributed by atoms with van der Waals surface area (Å²) in [6.45, 7) is 4.06. The summed E-state index contributed by atoms with van der Waals surface area (Å²) in [7, 11) is 4.08. The average Bonchev–Trinajstić information content (AvgIpc) is 2.41. The van der Waals surface area contributed by atoms with E-state index in [1.807, 2.05) is 64.3 Å². The molecule has 0 bridgehead atoms. The first-order valence-electron chi connectivity index (χ1n) is 6.87. The first kappa shape index (κ1) is 14.3. The molecule has 0 fully saturated rings. The zero-order chi connectivity index (χ0) is 14.5. The molecule has 0 aliphatic heterocycles. The third-order valence-corrected chi connectivity index (χ3v) is 2.90. The molecule has 0 aliphatic carbocycles. The van der Waals surface area contributed by atoms with Crippen molar-refractivity contribution in [1.82, 2.24) is 0 Å². The van der Waals surface area contributed by atoms with E-state index in [2.05, 4.69) is 22.3 Å². The molecule has 0 saturated heterocycles. The number of nitrogens with one attached hydrogen (secondary N) is 1. The third kappa shape index (κ3) is 3.44. The minimum Gasteiger partial charge on any atom is -0.489 e. The zero-order valence-corrected chi connectivity index (χ0v) is 12.6. The molecule has 3 heteroatoms. The molecule has 1 N–H and O–H groups in total. The van der Waals surface area contributed by atoms with Crippen LogP contribution in [0, 0.1) is 0 Å². The van der Waals surface area contributed by atoms with Crippen LogP contribution in [0.5, 0.6) is 5.75 Å². The summed E-state index contributed by atoms with van der Waals surface area (Å²) in [4.78, 5) is 2.09. The van der Waals surface area contributed by atoms with Crippen LogP contribution in [0.3, 0.4) is 0 Å². The Labute approximate surface area is 121 Å². The summed E-state index contributed by atoms with van der Waals surface area (Å²) in [5.41, 5.74) is 3.19. The molecule has 0 unspecified atom stereocenters. The van der Waals surface area contributed by atoms with E-state index in [0.29, 0.717) is 0 Å². The molecular weight excluding hydrogens is 248 g/mol. The Morgan fingerprint density at radius 3 is 2.15 bits per heavy atom. The molecule has 0 spiro atoms. The van der Waals surface area contributed by atoms with Gasteiger partial charge in [0.1, 0.15) is 5.75 Å². The Morgan fingerprint density at radius 1 is 0.900 bits per heavy atom. The van der Waals surface area contributed by atoms with Gasteiger partial charge in [-0.05, 0) is 38.1 Å². The van der Waals surface area contributed by atoms with Gasteiger partial charge in [-0.1, -0.05) is 24.3 Å². The van der Waals surface area contributed by atoms with Crippen molar-refractivity contribution in [2.24, 2.45) is 0 Å². The lowest BCUT2D eigenvalue weighted by Crippen LogP contribution is -2.11. The van der Waals surface area contributed by atoms with E-state index in [1.54, 1.807) is 0 Å². The SMILES string of the molecule is CC(C)Oc1ccccc1Nc1ccccc1N(C)C. The summed E-state index contributed by atoms with van der Waals surface area (Å²) >= 11 is 0. The molecule has 0 aliphatic rings. The van der Waals surface area contributed by atoms with Crippen LogP contribution in [0.2, 0.25) is 0 Å². The summed E-state index contributed by atoms with van der Waals surface area (Å²) in [5, 5.41) is 3.46. The lowest BCUT2D eigenvalue weighted by Gasteiger charge is -2.20. The lowest BCUT2D eigenvalue weighted by atomic mass is 10.2. The van der Waals surface area contributed by atoms with Gasteiger partial charge < -0.3 is 15.0 Å². The zero-order valence-electron chi connectivity index (χ0n) is 12.6. The molecule has 0 atom stereocenters. The quantitative estimate of drug-likeness (QED) is 0.877. The summed E-state index contributed by atoms with van der Waals surface area (Å²) in [6.07, 6.45) is 0.155. The van der Waals surface area contributed by atoms with E-state index < -0.39 is 0 Å². The number of ether oxygens (including phenoxy) is 1. The Balaban J connectivity index is 2.31. The van der Waals surface area contributed by atoms with E-state index in [-0.39, 0.29) is 6.10 Å². The number of anilines is 3. The van der Waals surface area contributed by atoms with Crippen LogP contribution in [0.25, 0.3) is 0 Å². The van der Waals surface area contributed by atoms with Gasteiger partial charge >= 0.3 is 0 Å². The van der Waals surface area contributed by atoms with Crippen molar-refractivity contribution in [3.05, 3.63) is 48.5 Å². The Bertz CT molecular complexity index is 564. The highest BCUT2D eigenvalue weighted by Crippen LogP contribution is 2.32. The Hall–Kier alpha value is -2.16. The third-order valence-electron chi connectivity index (χ3n) is 2.90. The molecule has 106 valence electrons. The topological polar surface area (TPSA) is 24.5 Å². The van der Waals surface area contributed by atoms with Gasteiger partial charge in [-0.15, -0.1) is 0 Å². The van der Waals surface area contributed by atoms with Crippen molar-refractivity contribution < 1.29 is 4.74 Å². The van der Waals surface area contributed by atoms with Crippen molar-refractivity contribution in [3.8, 4) is 5.75 Å². The summed E-state index contributed by atoms with van der Waals surface area (Å²) in [5.74, 6) is 0.871. The molecule has 2 rings (SSSR count). The fourth-order valence-electron chi connectivity index (χ4n) is 2.04. The van der Waals surface area contributed by atoms with Gasteiger partial charge in [-0.2, -0.15) is 0 Å². The van der Waals surface area contributed by atoms with Crippen LogP contribution in [0.1, 0.15) is 13.8 Å². The second kappa shape index (κ2) is 6.33. The number of para-hydroxylation sites is 4. The van der Waals surface area contributed by atoms with Gasteiger partial charge in [0, 0.05) is 14.1 Å². The highest BCUT2D eigenvalue weighted by Gasteiger charge is 2.08. The van der Waals surface area contributed by atoms with Crippen LogP contribution in [0.4, 0.5) is 17.1 Å². The van der Waals surface area contributed by atoms with Crippen molar-refractivity contribution in [2.75, 3.05) is 24.3 Å². The number of rotatable bonds is 5. The van der Waals surface area contributed by atoms with E-state index in [0.717, 1.165) is 22.8 Å². The second-order valence-electron chi connectivity index (χ2n) is 5.20. The van der Waals surface area contributed by atoms with Crippen molar-refractivity contribution >= 4 is 17.1 Å². The van der Waals surface area contributed by atoms with Crippen molar-refractivity contribution in [3.63, 3.8) is 0 Å². The van der Waals surface area contributed by atoms with E-state index >= 15 is 0 Å². The minimum atomic E-state index is 0.155. The molecule has 0 heterocycles. The highest BCUT2D eigenvalue weighted by molar-refractivity contribution is 5.77. The fraction of sp³-hybridized carbons (Fsp3) is 0.294. The van der Waals surface area contributed by atoms with Gasteiger partial charge in [-0.25, -0.2) is 0 Å². The predicted octanol–water partition coefficient (Wildman–Crippen LogP) is 4.28. The van der Waals surface area contributed by atoms with Crippen LogP contribution in [-0.2, 0) is 0 Å². The number of nitrogens with zero attached hydrogens (tertiary/aromatic N) is 1. The van der Waals surface area contributed by atoms with E-state index in [9.17, 15) is 0 Å². The van der Waals surface area contributed by atoms with Gasteiger partial charge in [0.15, 0.2) is 0 Å². The van der Waals surface area contributed by atoms with Crippen molar-refractivity contribution in [2.45, 2.75) is 20.0 Å². The molecule has 2 aromatic rings. The van der Waals surface area contributed by atoms with Crippen LogP contribution in [0.15, 0.2) is 48.5 Å². The normalized spacial score (nSPS) is 10.4. The predicted molar refractivity (Wildman–Crippen MR) is 86.3 cm³/mol. The number of hydrogen-bond acceptors (Lipinski definition) is 3.